The van der Waals surface area contributed by atoms with Crippen LogP contribution in [0.4, 0.5) is 4.39 Å². The average molecular weight is 343 g/mol. The van der Waals surface area contributed by atoms with Crippen molar-refractivity contribution >= 4 is 27.3 Å². The Kier molecular flexibility index (Phi) is 4.71. The number of nitrogens with zero attached hydrogens (tertiary/aromatic N) is 1. The van der Waals surface area contributed by atoms with Crippen LogP contribution < -0.4 is 5.32 Å². The first-order valence-corrected chi connectivity index (χ1v) is 7.77. The standard InChI is InChI=1S/C14H16BrFN2S/c1-8-7-19-14(17-8)10(3)18-9(2)12-5-4-11(15)6-13(12)16/h4-7,9-10,18H,1-3H3. The zero-order valence-electron chi connectivity index (χ0n) is 11.1. The molecular weight excluding hydrogens is 327 g/mol. The van der Waals surface area contributed by atoms with Gasteiger partial charge in [-0.15, -0.1) is 11.3 Å². The minimum atomic E-state index is -0.197. The van der Waals surface area contributed by atoms with Crippen LogP contribution in [0.5, 0.6) is 0 Å². The maximum atomic E-state index is 13.9. The highest BCUT2D eigenvalue weighted by atomic mass is 79.9. The number of hydrogen-bond acceptors (Lipinski definition) is 3. The maximum Gasteiger partial charge on any atom is 0.129 e. The quantitative estimate of drug-likeness (QED) is 0.865. The van der Waals surface area contributed by atoms with Crippen molar-refractivity contribution in [2.45, 2.75) is 32.9 Å². The van der Waals surface area contributed by atoms with Gasteiger partial charge in [-0.25, -0.2) is 9.37 Å². The second-order valence-electron chi connectivity index (χ2n) is 4.60. The summed E-state index contributed by atoms with van der Waals surface area (Å²) in [5, 5.41) is 6.43. The van der Waals surface area contributed by atoms with E-state index in [9.17, 15) is 4.39 Å². The highest BCUT2D eigenvalue weighted by molar-refractivity contribution is 9.10. The van der Waals surface area contributed by atoms with Crippen LogP contribution >= 0.6 is 27.3 Å². The van der Waals surface area contributed by atoms with Gasteiger partial charge in [0.2, 0.25) is 0 Å². The molecule has 2 aromatic rings. The van der Waals surface area contributed by atoms with Crippen molar-refractivity contribution in [2.75, 3.05) is 0 Å². The molecule has 2 nitrogen and oxygen atoms in total. The second-order valence-corrected chi connectivity index (χ2v) is 6.41. The van der Waals surface area contributed by atoms with Crippen LogP contribution in [-0.2, 0) is 0 Å². The van der Waals surface area contributed by atoms with Gasteiger partial charge in [-0.1, -0.05) is 22.0 Å². The Bertz CT molecular complexity index is 570. The van der Waals surface area contributed by atoms with E-state index in [2.05, 4.69) is 26.2 Å². The Hall–Kier alpha value is -0.780. The summed E-state index contributed by atoms with van der Waals surface area (Å²) in [5.74, 6) is -0.197. The molecular formula is C14H16BrFN2S. The van der Waals surface area contributed by atoms with Gasteiger partial charge in [0.1, 0.15) is 10.8 Å². The molecule has 2 rings (SSSR count). The summed E-state index contributed by atoms with van der Waals surface area (Å²) >= 11 is 4.89. The van der Waals surface area contributed by atoms with Gasteiger partial charge in [0, 0.05) is 27.2 Å². The van der Waals surface area contributed by atoms with Gasteiger partial charge in [-0.05, 0) is 32.9 Å². The first-order valence-electron chi connectivity index (χ1n) is 6.10. The molecule has 0 saturated heterocycles. The monoisotopic (exact) mass is 342 g/mol. The Morgan fingerprint density at radius 3 is 2.63 bits per heavy atom. The van der Waals surface area contributed by atoms with Crippen LogP contribution in [0.2, 0.25) is 0 Å². The van der Waals surface area contributed by atoms with E-state index >= 15 is 0 Å². The van der Waals surface area contributed by atoms with E-state index < -0.39 is 0 Å². The van der Waals surface area contributed by atoms with Crippen molar-refractivity contribution in [1.29, 1.82) is 0 Å². The average Bonchev–Trinajstić information content (AvgIpc) is 2.75. The lowest BCUT2D eigenvalue weighted by Crippen LogP contribution is -2.23. The molecule has 5 heteroatoms. The molecule has 0 bridgehead atoms. The fraction of sp³-hybridized carbons (Fsp3) is 0.357. The molecule has 0 aliphatic carbocycles. The second kappa shape index (κ2) is 6.11. The van der Waals surface area contributed by atoms with E-state index in [1.54, 1.807) is 17.4 Å². The van der Waals surface area contributed by atoms with E-state index in [0.717, 1.165) is 15.2 Å². The molecule has 0 amide bonds. The fourth-order valence-corrected chi connectivity index (χ4v) is 3.11. The number of aryl methyl sites for hydroxylation is 1. The number of rotatable bonds is 4. The minimum absolute atomic E-state index is 0.0627. The highest BCUT2D eigenvalue weighted by Gasteiger charge is 2.16. The Morgan fingerprint density at radius 2 is 2.05 bits per heavy atom. The molecule has 2 atom stereocenters. The van der Waals surface area contributed by atoms with Crippen LogP contribution in [-0.4, -0.2) is 4.98 Å². The first-order chi connectivity index (χ1) is 8.97. The number of thiazole rings is 1. The van der Waals surface area contributed by atoms with E-state index in [1.807, 2.05) is 32.2 Å². The molecule has 2 unspecified atom stereocenters. The normalized spacial score (nSPS) is 14.4. The van der Waals surface area contributed by atoms with Crippen molar-refractivity contribution in [3.05, 3.63) is 50.1 Å². The number of benzene rings is 1. The molecule has 1 N–H and O–H groups in total. The molecule has 0 spiro atoms. The molecule has 1 aromatic heterocycles. The van der Waals surface area contributed by atoms with E-state index in [1.165, 1.54) is 6.07 Å². The largest absolute Gasteiger partial charge is 0.301 e. The molecule has 0 aliphatic rings. The topological polar surface area (TPSA) is 24.9 Å². The predicted octanol–water partition coefficient (Wildman–Crippen LogP) is 4.76. The van der Waals surface area contributed by atoms with Gasteiger partial charge < -0.3 is 5.32 Å². The van der Waals surface area contributed by atoms with Crippen molar-refractivity contribution in [3.8, 4) is 0 Å². The third-order valence-corrected chi connectivity index (χ3v) is 4.57. The maximum absolute atomic E-state index is 13.9. The summed E-state index contributed by atoms with van der Waals surface area (Å²) in [6.45, 7) is 5.99. The molecule has 102 valence electrons. The van der Waals surface area contributed by atoms with Crippen LogP contribution in [0.3, 0.4) is 0 Å². The zero-order valence-corrected chi connectivity index (χ0v) is 13.5. The zero-order chi connectivity index (χ0) is 14.0. The molecule has 1 heterocycles. The summed E-state index contributed by atoms with van der Waals surface area (Å²) in [6.07, 6.45) is 0. The van der Waals surface area contributed by atoms with Crippen LogP contribution in [0, 0.1) is 12.7 Å². The molecule has 0 radical (unpaired) electrons. The molecule has 0 aliphatic heterocycles. The Labute approximate surface area is 125 Å². The van der Waals surface area contributed by atoms with Gasteiger partial charge in [0.25, 0.3) is 0 Å². The molecule has 0 saturated carbocycles. The van der Waals surface area contributed by atoms with Gasteiger partial charge in [0.15, 0.2) is 0 Å². The SMILES string of the molecule is Cc1csc(C(C)NC(C)c2ccc(Br)cc2F)n1. The number of halogens is 2. The Morgan fingerprint density at radius 1 is 1.32 bits per heavy atom. The van der Waals surface area contributed by atoms with E-state index in [-0.39, 0.29) is 17.9 Å². The van der Waals surface area contributed by atoms with E-state index in [0.29, 0.717) is 5.56 Å². The van der Waals surface area contributed by atoms with Crippen molar-refractivity contribution in [3.63, 3.8) is 0 Å². The van der Waals surface area contributed by atoms with Crippen LogP contribution in [0.1, 0.15) is 42.2 Å². The highest BCUT2D eigenvalue weighted by Crippen LogP contribution is 2.25. The van der Waals surface area contributed by atoms with Gasteiger partial charge in [-0.2, -0.15) is 0 Å². The Balaban J connectivity index is 2.10. The number of hydrogen-bond donors (Lipinski definition) is 1. The van der Waals surface area contributed by atoms with Crippen molar-refractivity contribution < 1.29 is 4.39 Å². The molecule has 0 fully saturated rings. The molecule has 19 heavy (non-hydrogen) atoms. The predicted molar refractivity (Wildman–Crippen MR) is 80.9 cm³/mol. The summed E-state index contributed by atoms with van der Waals surface area (Å²) in [6, 6.07) is 5.20. The van der Waals surface area contributed by atoms with Gasteiger partial charge in [0.05, 0.1) is 6.04 Å². The summed E-state index contributed by atoms with van der Waals surface area (Å²) in [5.41, 5.74) is 1.69. The van der Waals surface area contributed by atoms with Crippen LogP contribution in [0.15, 0.2) is 28.1 Å². The smallest absolute Gasteiger partial charge is 0.129 e. The molecule has 1 aromatic carbocycles. The third kappa shape index (κ3) is 3.61. The van der Waals surface area contributed by atoms with Crippen molar-refractivity contribution in [1.82, 2.24) is 10.3 Å². The van der Waals surface area contributed by atoms with Gasteiger partial charge >= 0.3 is 0 Å². The fourth-order valence-electron chi connectivity index (χ4n) is 1.96. The third-order valence-electron chi connectivity index (χ3n) is 2.94. The lowest BCUT2D eigenvalue weighted by Gasteiger charge is -2.19. The number of nitrogens with one attached hydrogen (secondary N) is 1. The summed E-state index contributed by atoms with van der Waals surface area (Å²) in [4.78, 5) is 4.45. The van der Waals surface area contributed by atoms with Crippen molar-refractivity contribution in [2.24, 2.45) is 0 Å². The van der Waals surface area contributed by atoms with E-state index in [4.69, 9.17) is 0 Å². The number of aromatic nitrogens is 1. The summed E-state index contributed by atoms with van der Waals surface area (Å²) in [7, 11) is 0. The van der Waals surface area contributed by atoms with Gasteiger partial charge in [-0.3, -0.25) is 0 Å². The summed E-state index contributed by atoms with van der Waals surface area (Å²) < 4.78 is 14.6. The minimum Gasteiger partial charge on any atom is -0.301 e. The lowest BCUT2D eigenvalue weighted by molar-refractivity contribution is 0.472. The first kappa shape index (κ1) is 14.6. The van der Waals surface area contributed by atoms with Crippen LogP contribution in [0.25, 0.3) is 0 Å². The lowest BCUT2D eigenvalue weighted by atomic mass is 10.1.